The Kier molecular flexibility index (Phi) is 6.97. The van der Waals surface area contributed by atoms with Gasteiger partial charge in [-0.2, -0.15) is 0 Å². The summed E-state index contributed by atoms with van der Waals surface area (Å²) in [5.74, 6) is 0.189. The van der Waals surface area contributed by atoms with Crippen molar-refractivity contribution in [2.24, 2.45) is 0 Å². The second-order valence-electron chi connectivity index (χ2n) is 7.26. The van der Waals surface area contributed by atoms with Crippen LogP contribution in [0.1, 0.15) is 11.1 Å². The molecule has 3 aromatic rings. The Hall–Kier alpha value is -3.32. The van der Waals surface area contributed by atoms with Gasteiger partial charge in [-0.1, -0.05) is 54.1 Å². The molecule has 0 unspecified atom stereocenters. The molecular formula is C24H26N2O4S. The van der Waals surface area contributed by atoms with Gasteiger partial charge in [-0.05, 0) is 36.8 Å². The molecule has 0 radical (unpaired) electrons. The minimum atomic E-state index is -3.96. The van der Waals surface area contributed by atoms with Crippen LogP contribution in [-0.4, -0.2) is 39.9 Å². The van der Waals surface area contributed by atoms with Gasteiger partial charge in [-0.15, -0.1) is 0 Å². The molecule has 0 aliphatic carbocycles. The van der Waals surface area contributed by atoms with Crippen LogP contribution in [0.5, 0.6) is 5.75 Å². The summed E-state index contributed by atoms with van der Waals surface area (Å²) < 4.78 is 33.2. The third kappa shape index (κ3) is 5.44. The minimum absolute atomic E-state index is 0.117. The first kappa shape index (κ1) is 22.4. The molecule has 0 aliphatic heterocycles. The molecule has 0 heterocycles. The van der Waals surface area contributed by atoms with E-state index >= 15 is 0 Å². The van der Waals surface area contributed by atoms with Gasteiger partial charge in [-0.3, -0.25) is 9.10 Å². The second-order valence-corrected chi connectivity index (χ2v) is 9.12. The van der Waals surface area contributed by atoms with E-state index < -0.39 is 10.0 Å². The molecule has 6 nitrogen and oxygen atoms in total. The van der Waals surface area contributed by atoms with Crippen molar-refractivity contribution in [3.05, 3.63) is 90.0 Å². The Morgan fingerprint density at radius 1 is 0.935 bits per heavy atom. The number of rotatable bonds is 8. The number of sulfonamides is 1. The first-order valence-corrected chi connectivity index (χ1v) is 11.3. The standard InChI is InChI=1S/C24H26N2O4S/c1-19-12-14-20(15-13-19)17-25(2)24(27)18-26(21-8-7-9-22(16-21)30-3)31(28,29)23-10-5-4-6-11-23/h4-16H,17-18H2,1-3H3. The fraction of sp³-hybridized carbons (Fsp3) is 0.208. The average Bonchev–Trinajstić information content (AvgIpc) is 2.79. The van der Waals surface area contributed by atoms with Crippen LogP contribution in [0.4, 0.5) is 5.69 Å². The molecule has 0 N–H and O–H groups in total. The fourth-order valence-electron chi connectivity index (χ4n) is 3.10. The van der Waals surface area contributed by atoms with Crippen LogP contribution in [0.3, 0.4) is 0 Å². The van der Waals surface area contributed by atoms with Crippen LogP contribution in [0.2, 0.25) is 0 Å². The first-order valence-electron chi connectivity index (χ1n) is 9.82. The van der Waals surface area contributed by atoms with E-state index in [2.05, 4.69) is 0 Å². The van der Waals surface area contributed by atoms with Crippen molar-refractivity contribution in [2.45, 2.75) is 18.4 Å². The number of nitrogens with zero attached hydrogens (tertiary/aromatic N) is 2. The van der Waals surface area contributed by atoms with Crippen molar-refractivity contribution in [1.82, 2.24) is 4.90 Å². The zero-order valence-corrected chi connectivity index (χ0v) is 18.7. The summed E-state index contributed by atoms with van der Waals surface area (Å²) in [6, 6.07) is 22.6. The number of aryl methyl sites for hydroxylation is 1. The van der Waals surface area contributed by atoms with E-state index in [0.717, 1.165) is 15.4 Å². The maximum absolute atomic E-state index is 13.4. The van der Waals surface area contributed by atoms with Crippen LogP contribution in [0.15, 0.2) is 83.8 Å². The Balaban J connectivity index is 1.90. The first-order chi connectivity index (χ1) is 14.8. The molecular weight excluding hydrogens is 412 g/mol. The van der Waals surface area contributed by atoms with Crippen molar-refractivity contribution in [1.29, 1.82) is 0 Å². The summed E-state index contributed by atoms with van der Waals surface area (Å²) in [7, 11) is -0.779. The highest BCUT2D eigenvalue weighted by atomic mass is 32.2. The molecule has 0 saturated carbocycles. The van der Waals surface area contributed by atoms with Crippen LogP contribution in [-0.2, 0) is 21.4 Å². The highest BCUT2D eigenvalue weighted by Crippen LogP contribution is 2.27. The number of likely N-dealkylation sites (N-methyl/N-ethyl adjacent to an activating group) is 1. The van der Waals surface area contributed by atoms with E-state index in [1.54, 1.807) is 49.5 Å². The molecule has 3 aromatic carbocycles. The van der Waals surface area contributed by atoms with Crippen molar-refractivity contribution < 1.29 is 17.9 Å². The number of hydrogen-bond acceptors (Lipinski definition) is 4. The van der Waals surface area contributed by atoms with Crippen molar-refractivity contribution in [2.75, 3.05) is 25.0 Å². The lowest BCUT2D eigenvalue weighted by Gasteiger charge is -2.27. The lowest BCUT2D eigenvalue weighted by atomic mass is 10.1. The number of methoxy groups -OCH3 is 1. The van der Waals surface area contributed by atoms with Crippen LogP contribution >= 0.6 is 0 Å². The fourth-order valence-corrected chi connectivity index (χ4v) is 4.53. The Labute approximate surface area is 183 Å². The number of carbonyl (C=O) groups excluding carboxylic acids is 1. The second kappa shape index (κ2) is 9.66. The molecule has 0 bridgehead atoms. The minimum Gasteiger partial charge on any atom is -0.497 e. The van der Waals surface area contributed by atoms with Crippen molar-refractivity contribution >= 4 is 21.6 Å². The van der Waals surface area contributed by atoms with Gasteiger partial charge >= 0.3 is 0 Å². The van der Waals surface area contributed by atoms with Gasteiger partial charge in [0.05, 0.1) is 17.7 Å². The van der Waals surface area contributed by atoms with E-state index in [-0.39, 0.29) is 17.3 Å². The normalized spacial score (nSPS) is 11.1. The topological polar surface area (TPSA) is 66.9 Å². The van der Waals surface area contributed by atoms with Gasteiger partial charge in [-0.25, -0.2) is 8.42 Å². The van der Waals surface area contributed by atoms with E-state index in [4.69, 9.17) is 4.74 Å². The monoisotopic (exact) mass is 438 g/mol. The van der Waals surface area contributed by atoms with E-state index in [9.17, 15) is 13.2 Å². The third-order valence-corrected chi connectivity index (χ3v) is 6.71. The SMILES string of the molecule is COc1cccc(N(CC(=O)N(C)Cc2ccc(C)cc2)S(=O)(=O)c2ccccc2)c1. The predicted octanol–water partition coefficient (Wildman–Crippen LogP) is 3.86. The molecule has 162 valence electrons. The number of carbonyl (C=O) groups is 1. The molecule has 31 heavy (non-hydrogen) atoms. The highest BCUT2D eigenvalue weighted by Gasteiger charge is 2.28. The molecule has 0 atom stereocenters. The summed E-state index contributed by atoms with van der Waals surface area (Å²) >= 11 is 0. The van der Waals surface area contributed by atoms with E-state index in [0.29, 0.717) is 18.0 Å². The smallest absolute Gasteiger partial charge is 0.264 e. The maximum atomic E-state index is 13.4. The number of hydrogen-bond donors (Lipinski definition) is 0. The van der Waals surface area contributed by atoms with E-state index in [1.807, 2.05) is 31.2 Å². The molecule has 0 fully saturated rings. The Bertz CT molecular complexity index is 1130. The zero-order valence-electron chi connectivity index (χ0n) is 17.9. The molecule has 0 saturated heterocycles. The van der Waals surface area contributed by atoms with Crippen LogP contribution in [0, 0.1) is 6.92 Å². The lowest BCUT2D eigenvalue weighted by molar-refractivity contribution is -0.128. The Morgan fingerprint density at radius 2 is 1.61 bits per heavy atom. The van der Waals surface area contributed by atoms with Gasteiger partial charge in [0.25, 0.3) is 10.0 Å². The third-order valence-electron chi connectivity index (χ3n) is 4.92. The lowest BCUT2D eigenvalue weighted by Crippen LogP contribution is -2.41. The summed E-state index contributed by atoms with van der Waals surface area (Å²) in [4.78, 5) is 14.7. The van der Waals surface area contributed by atoms with E-state index in [1.165, 1.54) is 24.1 Å². The van der Waals surface area contributed by atoms with Gasteiger partial charge in [0.15, 0.2) is 0 Å². The number of anilines is 1. The molecule has 0 spiro atoms. The summed E-state index contributed by atoms with van der Waals surface area (Å²) in [6.07, 6.45) is 0. The van der Waals surface area contributed by atoms with Gasteiger partial charge < -0.3 is 9.64 Å². The number of benzene rings is 3. The average molecular weight is 439 g/mol. The highest BCUT2D eigenvalue weighted by molar-refractivity contribution is 7.92. The van der Waals surface area contributed by atoms with Gasteiger partial charge in [0.2, 0.25) is 5.91 Å². The predicted molar refractivity (Wildman–Crippen MR) is 122 cm³/mol. The summed E-state index contributed by atoms with van der Waals surface area (Å²) in [5.41, 5.74) is 2.47. The van der Waals surface area contributed by atoms with Crippen LogP contribution < -0.4 is 9.04 Å². The van der Waals surface area contributed by atoms with Crippen molar-refractivity contribution in [3.8, 4) is 5.75 Å². The van der Waals surface area contributed by atoms with Gasteiger partial charge in [0, 0.05) is 19.7 Å². The molecule has 7 heteroatoms. The Morgan fingerprint density at radius 3 is 2.26 bits per heavy atom. The number of ether oxygens (including phenoxy) is 1. The molecule has 1 amide bonds. The molecule has 0 aliphatic rings. The summed E-state index contributed by atoms with van der Waals surface area (Å²) in [5, 5.41) is 0. The molecule has 3 rings (SSSR count). The quantitative estimate of drug-likeness (QED) is 0.536. The largest absolute Gasteiger partial charge is 0.497 e. The van der Waals surface area contributed by atoms with Gasteiger partial charge in [0.1, 0.15) is 12.3 Å². The summed E-state index contributed by atoms with van der Waals surface area (Å²) in [6.45, 7) is 2.06. The number of amides is 1. The molecule has 0 aromatic heterocycles. The van der Waals surface area contributed by atoms with Crippen LogP contribution in [0.25, 0.3) is 0 Å². The maximum Gasteiger partial charge on any atom is 0.264 e. The zero-order chi connectivity index (χ0) is 22.4. The van der Waals surface area contributed by atoms with Crippen molar-refractivity contribution in [3.63, 3.8) is 0 Å².